The first-order chi connectivity index (χ1) is 12.1. The van der Waals surface area contributed by atoms with Gasteiger partial charge in [0.1, 0.15) is 11.6 Å². The van der Waals surface area contributed by atoms with Crippen molar-refractivity contribution in [2.24, 2.45) is 0 Å². The van der Waals surface area contributed by atoms with Crippen LogP contribution in [0.4, 0.5) is 10.1 Å². The van der Waals surface area contributed by atoms with E-state index in [0.29, 0.717) is 23.5 Å². The minimum absolute atomic E-state index is 0.0148. The molecule has 2 aliphatic heterocycles. The maximum Gasteiger partial charge on any atom is 0.262 e. The van der Waals surface area contributed by atoms with Crippen LogP contribution in [-0.4, -0.2) is 29.9 Å². The third-order valence-electron chi connectivity index (χ3n) is 4.63. The number of rotatable bonds is 2. The monoisotopic (exact) mass is 340 g/mol. The third kappa shape index (κ3) is 2.95. The molecule has 1 saturated heterocycles. The Labute approximate surface area is 144 Å². The van der Waals surface area contributed by atoms with Crippen molar-refractivity contribution in [2.75, 3.05) is 18.5 Å². The first kappa shape index (κ1) is 15.6. The lowest BCUT2D eigenvalue weighted by Gasteiger charge is -2.26. The van der Waals surface area contributed by atoms with E-state index in [0.717, 1.165) is 18.4 Å². The number of amides is 2. The van der Waals surface area contributed by atoms with Gasteiger partial charge in [-0.25, -0.2) is 4.39 Å². The molecule has 4 rings (SSSR count). The molecule has 2 amide bonds. The molecule has 25 heavy (non-hydrogen) atoms. The fraction of sp³-hybridized carbons (Fsp3) is 0.263. The van der Waals surface area contributed by atoms with Crippen molar-refractivity contribution >= 4 is 17.5 Å². The molecule has 0 aliphatic carbocycles. The molecule has 1 atom stereocenters. The van der Waals surface area contributed by atoms with Crippen molar-refractivity contribution in [1.82, 2.24) is 4.90 Å². The van der Waals surface area contributed by atoms with Crippen LogP contribution >= 0.6 is 0 Å². The lowest BCUT2D eigenvalue weighted by atomic mass is 10.0. The molecule has 2 aromatic carbocycles. The lowest BCUT2D eigenvalue weighted by molar-refractivity contribution is -0.118. The zero-order valence-electron chi connectivity index (χ0n) is 13.5. The lowest BCUT2D eigenvalue weighted by Crippen LogP contribution is -2.31. The maximum absolute atomic E-state index is 13.2. The van der Waals surface area contributed by atoms with Crippen molar-refractivity contribution in [2.45, 2.75) is 18.9 Å². The summed E-state index contributed by atoms with van der Waals surface area (Å²) in [5, 5.41) is 2.72. The number of nitrogens with one attached hydrogen (secondary N) is 1. The highest BCUT2D eigenvalue weighted by Crippen LogP contribution is 2.35. The quantitative estimate of drug-likeness (QED) is 0.914. The Kier molecular flexibility index (Phi) is 3.87. The van der Waals surface area contributed by atoms with Crippen LogP contribution in [0.5, 0.6) is 5.75 Å². The van der Waals surface area contributed by atoms with Crippen molar-refractivity contribution in [3.05, 3.63) is 59.4 Å². The summed E-state index contributed by atoms with van der Waals surface area (Å²) in [4.78, 5) is 26.2. The Hall–Kier alpha value is -2.89. The Bertz CT molecular complexity index is 835. The van der Waals surface area contributed by atoms with Gasteiger partial charge in [0, 0.05) is 12.1 Å². The van der Waals surface area contributed by atoms with Crippen molar-refractivity contribution in [3.8, 4) is 5.75 Å². The van der Waals surface area contributed by atoms with Crippen LogP contribution in [0.2, 0.25) is 0 Å². The second-order valence-corrected chi connectivity index (χ2v) is 6.26. The van der Waals surface area contributed by atoms with Gasteiger partial charge >= 0.3 is 0 Å². The second-order valence-electron chi connectivity index (χ2n) is 6.26. The summed E-state index contributed by atoms with van der Waals surface area (Å²) in [6.07, 6.45) is 1.75. The van der Waals surface area contributed by atoms with E-state index in [1.54, 1.807) is 35.2 Å². The summed E-state index contributed by atoms with van der Waals surface area (Å²) in [5.74, 6) is -0.0605. The zero-order chi connectivity index (χ0) is 17.4. The Balaban J connectivity index is 1.60. The molecule has 0 bridgehead atoms. The topological polar surface area (TPSA) is 58.6 Å². The highest BCUT2D eigenvalue weighted by atomic mass is 19.1. The fourth-order valence-electron chi connectivity index (χ4n) is 3.42. The number of carbonyl (C=O) groups is 2. The molecule has 1 unspecified atom stereocenters. The standard InChI is InChI=1S/C19H17FN2O3/c20-14-6-3-12(4-7-14)16-2-1-9-22(16)19(24)13-5-8-17-15(10-13)21-18(23)11-25-17/h3-8,10,16H,1-2,9,11H2,(H,21,23). The van der Waals surface area contributed by atoms with Crippen LogP contribution in [0, 0.1) is 5.82 Å². The van der Waals surface area contributed by atoms with Gasteiger partial charge in [-0.3, -0.25) is 9.59 Å². The number of benzene rings is 2. The summed E-state index contributed by atoms with van der Waals surface area (Å²) in [7, 11) is 0. The predicted molar refractivity (Wildman–Crippen MR) is 90.0 cm³/mol. The van der Waals surface area contributed by atoms with Gasteiger partial charge in [0.05, 0.1) is 11.7 Å². The minimum Gasteiger partial charge on any atom is -0.482 e. The van der Waals surface area contributed by atoms with E-state index in [-0.39, 0.29) is 30.3 Å². The van der Waals surface area contributed by atoms with Crippen molar-refractivity contribution in [1.29, 1.82) is 0 Å². The van der Waals surface area contributed by atoms with Gasteiger partial charge in [-0.2, -0.15) is 0 Å². The first-order valence-corrected chi connectivity index (χ1v) is 8.25. The van der Waals surface area contributed by atoms with E-state index < -0.39 is 0 Å². The molecule has 1 N–H and O–H groups in total. The Morgan fingerprint density at radius 2 is 2.00 bits per heavy atom. The molecule has 0 spiro atoms. The van der Waals surface area contributed by atoms with Gasteiger partial charge < -0.3 is 15.0 Å². The second kappa shape index (κ2) is 6.20. The Morgan fingerprint density at radius 1 is 1.20 bits per heavy atom. The highest BCUT2D eigenvalue weighted by Gasteiger charge is 2.31. The normalized spacial score (nSPS) is 19.2. The largest absolute Gasteiger partial charge is 0.482 e. The summed E-state index contributed by atoms with van der Waals surface area (Å²) in [6.45, 7) is 0.639. The molecule has 2 aromatic rings. The van der Waals surface area contributed by atoms with E-state index in [1.165, 1.54) is 12.1 Å². The first-order valence-electron chi connectivity index (χ1n) is 8.25. The minimum atomic E-state index is -0.287. The summed E-state index contributed by atoms with van der Waals surface area (Å²) >= 11 is 0. The number of nitrogens with zero attached hydrogens (tertiary/aromatic N) is 1. The number of hydrogen-bond acceptors (Lipinski definition) is 3. The van der Waals surface area contributed by atoms with Crippen LogP contribution in [0.15, 0.2) is 42.5 Å². The van der Waals surface area contributed by atoms with E-state index in [2.05, 4.69) is 5.32 Å². The predicted octanol–water partition coefficient (Wildman–Crippen LogP) is 3.13. The number of hydrogen-bond donors (Lipinski definition) is 1. The zero-order valence-corrected chi connectivity index (χ0v) is 13.5. The molecule has 2 aliphatic rings. The third-order valence-corrected chi connectivity index (χ3v) is 4.63. The molecule has 0 aromatic heterocycles. The van der Waals surface area contributed by atoms with Gasteiger partial charge in [0.2, 0.25) is 0 Å². The molecule has 128 valence electrons. The number of carbonyl (C=O) groups excluding carboxylic acids is 2. The van der Waals surface area contributed by atoms with Gasteiger partial charge in [0.15, 0.2) is 6.61 Å². The van der Waals surface area contributed by atoms with Crippen LogP contribution in [0.25, 0.3) is 0 Å². The number of ether oxygens (including phenoxy) is 1. The fourth-order valence-corrected chi connectivity index (χ4v) is 3.42. The van der Waals surface area contributed by atoms with Gasteiger partial charge in [0.25, 0.3) is 11.8 Å². The van der Waals surface area contributed by atoms with Gasteiger partial charge in [-0.05, 0) is 48.7 Å². The van der Waals surface area contributed by atoms with Crippen molar-refractivity contribution in [3.63, 3.8) is 0 Å². The number of fused-ring (bicyclic) bond motifs is 1. The molecule has 5 nitrogen and oxygen atoms in total. The summed E-state index contributed by atoms with van der Waals surface area (Å²) in [5.41, 5.74) is 1.94. The van der Waals surface area contributed by atoms with E-state index in [9.17, 15) is 14.0 Å². The number of likely N-dealkylation sites (tertiary alicyclic amines) is 1. The molecule has 0 saturated carbocycles. The average Bonchev–Trinajstić information content (AvgIpc) is 3.10. The molecule has 6 heteroatoms. The summed E-state index contributed by atoms with van der Waals surface area (Å²) < 4.78 is 18.5. The maximum atomic E-state index is 13.2. The van der Waals surface area contributed by atoms with Crippen LogP contribution in [0.3, 0.4) is 0 Å². The van der Waals surface area contributed by atoms with E-state index in [1.807, 2.05) is 0 Å². The van der Waals surface area contributed by atoms with Crippen molar-refractivity contribution < 1.29 is 18.7 Å². The average molecular weight is 340 g/mol. The Morgan fingerprint density at radius 3 is 2.80 bits per heavy atom. The molecular weight excluding hydrogens is 323 g/mol. The summed E-state index contributed by atoms with van der Waals surface area (Å²) in [6, 6.07) is 11.3. The van der Waals surface area contributed by atoms with Gasteiger partial charge in [-0.15, -0.1) is 0 Å². The molecular formula is C19H17FN2O3. The highest BCUT2D eigenvalue weighted by molar-refractivity contribution is 6.00. The van der Waals surface area contributed by atoms with Crippen LogP contribution < -0.4 is 10.1 Å². The molecule has 0 radical (unpaired) electrons. The van der Waals surface area contributed by atoms with Crippen LogP contribution in [-0.2, 0) is 4.79 Å². The molecule has 1 fully saturated rings. The smallest absolute Gasteiger partial charge is 0.262 e. The number of anilines is 1. The SMILES string of the molecule is O=C1COc2ccc(C(=O)N3CCCC3c3ccc(F)cc3)cc2N1. The van der Waals surface area contributed by atoms with E-state index in [4.69, 9.17) is 4.74 Å². The van der Waals surface area contributed by atoms with Gasteiger partial charge in [-0.1, -0.05) is 12.1 Å². The van der Waals surface area contributed by atoms with E-state index >= 15 is 0 Å². The van der Waals surface area contributed by atoms with Crippen LogP contribution in [0.1, 0.15) is 34.8 Å². The molecule has 2 heterocycles. The number of halogens is 1.